The highest BCUT2D eigenvalue weighted by Gasteiger charge is 2.43. The highest BCUT2D eigenvalue weighted by molar-refractivity contribution is 5.10. The molecule has 1 aromatic rings. The lowest BCUT2D eigenvalue weighted by Gasteiger charge is -2.38. The van der Waals surface area contributed by atoms with Gasteiger partial charge in [-0.05, 0) is 51.1 Å². The molecule has 2 aliphatic rings. The topological polar surface area (TPSA) is 28.6 Å². The number of likely N-dealkylation sites (tertiary alicyclic amines) is 1. The third-order valence-electron chi connectivity index (χ3n) is 4.84. The molecule has 1 aromatic heterocycles. The summed E-state index contributed by atoms with van der Waals surface area (Å²) in [6, 6.07) is 4.82. The number of hydrogen-bond donors (Lipinski definition) is 0. The first-order valence-electron chi connectivity index (χ1n) is 7.59. The minimum absolute atomic E-state index is 0.156. The number of aromatic nitrogens is 1. The van der Waals surface area contributed by atoms with Gasteiger partial charge in [0.25, 0.3) is 0 Å². The van der Waals surface area contributed by atoms with E-state index in [1.165, 1.54) is 24.8 Å². The zero-order valence-corrected chi connectivity index (χ0v) is 12.6. The van der Waals surface area contributed by atoms with Crippen LogP contribution in [0.2, 0.25) is 0 Å². The van der Waals surface area contributed by atoms with Crippen LogP contribution in [0.15, 0.2) is 24.5 Å². The summed E-state index contributed by atoms with van der Waals surface area (Å²) >= 11 is 0. The molecule has 20 heavy (non-hydrogen) atoms. The SMILES string of the molecule is CN(C)[C@@H]1COC2(CCN(Cc3ccncc3)CC2)C1. The van der Waals surface area contributed by atoms with Crippen molar-refractivity contribution in [1.29, 1.82) is 0 Å². The number of hydrogen-bond acceptors (Lipinski definition) is 4. The monoisotopic (exact) mass is 275 g/mol. The molecular weight excluding hydrogens is 250 g/mol. The van der Waals surface area contributed by atoms with E-state index in [2.05, 4.69) is 41.0 Å². The highest BCUT2D eigenvalue weighted by atomic mass is 16.5. The van der Waals surface area contributed by atoms with Gasteiger partial charge < -0.3 is 9.64 Å². The van der Waals surface area contributed by atoms with Crippen LogP contribution in [0.3, 0.4) is 0 Å². The minimum Gasteiger partial charge on any atom is -0.373 e. The zero-order chi connectivity index (χ0) is 14.0. The van der Waals surface area contributed by atoms with Crippen molar-refractivity contribution in [2.45, 2.75) is 37.5 Å². The molecule has 110 valence electrons. The van der Waals surface area contributed by atoms with E-state index in [1.54, 1.807) is 0 Å². The molecule has 0 N–H and O–H groups in total. The van der Waals surface area contributed by atoms with Gasteiger partial charge in [-0.2, -0.15) is 0 Å². The van der Waals surface area contributed by atoms with Crippen molar-refractivity contribution in [1.82, 2.24) is 14.8 Å². The maximum Gasteiger partial charge on any atom is 0.0723 e. The normalized spacial score (nSPS) is 26.4. The van der Waals surface area contributed by atoms with Crippen LogP contribution in [0.5, 0.6) is 0 Å². The van der Waals surface area contributed by atoms with E-state index < -0.39 is 0 Å². The molecule has 2 fully saturated rings. The standard InChI is InChI=1S/C16H25N3O/c1-18(2)15-11-16(20-13-15)5-9-19(10-6-16)12-14-3-7-17-8-4-14/h3-4,7-8,15H,5-6,9-13H2,1-2H3/t15-/m0/s1. The second-order valence-corrected chi connectivity index (χ2v) is 6.45. The van der Waals surface area contributed by atoms with E-state index in [0.29, 0.717) is 6.04 Å². The molecule has 0 aliphatic carbocycles. The molecule has 4 heteroatoms. The molecular formula is C16H25N3O. The van der Waals surface area contributed by atoms with Crippen molar-refractivity contribution < 1.29 is 4.74 Å². The quantitative estimate of drug-likeness (QED) is 0.840. The lowest BCUT2D eigenvalue weighted by atomic mass is 9.87. The molecule has 0 bridgehead atoms. The number of piperidine rings is 1. The summed E-state index contributed by atoms with van der Waals surface area (Å²) in [5.41, 5.74) is 1.51. The number of pyridine rings is 1. The number of ether oxygens (including phenoxy) is 1. The molecule has 0 amide bonds. The average molecular weight is 275 g/mol. The molecule has 3 heterocycles. The van der Waals surface area contributed by atoms with Crippen LogP contribution in [0.4, 0.5) is 0 Å². The summed E-state index contributed by atoms with van der Waals surface area (Å²) in [6.07, 6.45) is 7.29. The molecule has 1 spiro atoms. The summed E-state index contributed by atoms with van der Waals surface area (Å²) in [5.74, 6) is 0. The van der Waals surface area contributed by atoms with Gasteiger partial charge in [-0.25, -0.2) is 0 Å². The summed E-state index contributed by atoms with van der Waals surface area (Å²) in [4.78, 5) is 8.92. The molecule has 1 atom stereocenters. The van der Waals surface area contributed by atoms with Gasteiger partial charge in [-0.1, -0.05) is 0 Å². The van der Waals surface area contributed by atoms with Crippen LogP contribution >= 0.6 is 0 Å². The van der Waals surface area contributed by atoms with Gasteiger partial charge in [0.1, 0.15) is 0 Å². The second-order valence-electron chi connectivity index (χ2n) is 6.45. The first-order valence-corrected chi connectivity index (χ1v) is 7.59. The van der Waals surface area contributed by atoms with Crippen LogP contribution in [0.25, 0.3) is 0 Å². The fourth-order valence-corrected chi connectivity index (χ4v) is 3.37. The van der Waals surface area contributed by atoms with Crippen LogP contribution in [-0.2, 0) is 11.3 Å². The molecule has 0 radical (unpaired) electrons. The smallest absolute Gasteiger partial charge is 0.0723 e. The molecule has 0 unspecified atom stereocenters. The van der Waals surface area contributed by atoms with Crippen molar-refractivity contribution in [2.24, 2.45) is 0 Å². The predicted octanol–water partition coefficient (Wildman–Crippen LogP) is 1.77. The van der Waals surface area contributed by atoms with E-state index in [9.17, 15) is 0 Å². The largest absolute Gasteiger partial charge is 0.373 e. The summed E-state index contributed by atoms with van der Waals surface area (Å²) in [7, 11) is 4.32. The Labute approximate surface area is 121 Å². The van der Waals surface area contributed by atoms with Crippen molar-refractivity contribution in [3.8, 4) is 0 Å². The first-order chi connectivity index (χ1) is 9.67. The van der Waals surface area contributed by atoms with E-state index >= 15 is 0 Å². The Kier molecular flexibility index (Phi) is 4.06. The highest BCUT2D eigenvalue weighted by Crippen LogP contribution is 2.37. The molecule has 4 nitrogen and oxygen atoms in total. The number of nitrogens with zero attached hydrogens (tertiary/aromatic N) is 3. The lowest BCUT2D eigenvalue weighted by Crippen LogP contribution is -2.44. The van der Waals surface area contributed by atoms with E-state index in [1.807, 2.05) is 12.4 Å². The minimum atomic E-state index is 0.156. The third kappa shape index (κ3) is 3.03. The van der Waals surface area contributed by atoms with Crippen LogP contribution in [0.1, 0.15) is 24.8 Å². The Morgan fingerprint density at radius 3 is 2.60 bits per heavy atom. The van der Waals surface area contributed by atoms with E-state index in [-0.39, 0.29) is 5.60 Å². The predicted molar refractivity (Wildman–Crippen MR) is 79.5 cm³/mol. The molecule has 2 aliphatic heterocycles. The maximum atomic E-state index is 6.18. The van der Waals surface area contributed by atoms with Crippen LogP contribution in [-0.4, -0.2) is 60.2 Å². The summed E-state index contributed by atoms with van der Waals surface area (Å²) in [5, 5.41) is 0. The molecule has 2 saturated heterocycles. The van der Waals surface area contributed by atoms with Crippen molar-refractivity contribution in [3.05, 3.63) is 30.1 Å². The Balaban J connectivity index is 1.53. The second kappa shape index (κ2) is 5.80. The fraction of sp³-hybridized carbons (Fsp3) is 0.688. The van der Waals surface area contributed by atoms with Crippen LogP contribution in [0, 0.1) is 0 Å². The zero-order valence-electron chi connectivity index (χ0n) is 12.6. The third-order valence-corrected chi connectivity index (χ3v) is 4.84. The van der Waals surface area contributed by atoms with Crippen LogP contribution < -0.4 is 0 Å². The molecule has 3 rings (SSSR count). The van der Waals surface area contributed by atoms with Gasteiger partial charge in [0.2, 0.25) is 0 Å². The number of likely N-dealkylation sites (N-methyl/N-ethyl adjacent to an activating group) is 1. The Hall–Kier alpha value is -0.970. The average Bonchev–Trinajstić information content (AvgIpc) is 2.87. The van der Waals surface area contributed by atoms with E-state index in [0.717, 1.165) is 26.2 Å². The lowest BCUT2D eigenvalue weighted by molar-refractivity contribution is -0.0451. The van der Waals surface area contributed by atoms with Gasteiger partial charge in [0.05, 0.1) is 12.2 Å². The van der Waals surface area contributed by atoms with Gasteiger partial charge in [0.15, 0.2) is 0 Å². The van der Waals surface area contributed by atoms with Gasteiger partial charge in [-0.15, -0.1) is 0 Å². The number of rotatable bonds is 3. The summed E-state index contributed by atoms with van der Waals surface area (Å²) in [6.45, 7) is 4.22. The van der Waals surface area contributed by atoms with Gasteiger partial charge in [-0.3, -0.25) is 9.88 Å². The van der Waals surface area contributed by atoms with Crippen molar-refractivity contribution >= 4 is 0 Å². The summed E-state index contributed by atoms with van der Waals surface area (Å²) < 4.78 is 6.18. The molecule has 0 saturated carbocycles. The van der Waals surface area contributed by atoms with Crippen molar-refractivity contribution in [2.75, 3.05) is 33.8 Å². The van der Waals surface area contributed by atoms with E-state index in [4.69, 9.17) is 4.74 Å². The van der Waals surface area contributed by atoms with Crippen molar-refractivity contribution in [3.63, 3.8) is 0 Å². The van der Waals surface area contributed by atoms with Gasteiger partial charge in [0, 0.05) is 38.1 Å². The Bertz CT molecular complexity index is 427. The Morgan fingerprint density at radius 2 is 2.00 bits per heavy atom. The fourth-order valence-electron chi connectivity index (χ4n) is 3.37. The maximum absolute atomic E-state index is 6.18. The first kappa shape index (κ1) is 14.0. The Morgan fingerprint density at radius 1 is 1.30 bits per heavy atom. The van der Waals surface area contributed by atoms with Gasteiger partial charge >= 0.3 is 0 Å². The molecule has 0 aromatic carbocycles.